The number of ether oxygens (including phenoxy) is 3. The maximum absolute atomic E-state index is 6.18. The third kappa shape index (κ3) is 1.54. The Morgan fingerprint density at radius 2 is 1.89 bits per heavy atom. The predicted molar refractivity (Wildman–Crippen MR) is 65.5 cm³/mol. The molecule has 2 aromatic rings. The topological polar surface area (TPSA) is 44.5 Å². The van der Waals surface area contributed by atoms with Gasteiger partial charge in [-0.3, -0.25) is 0 Å². The van der Waals surface area contributed by atoms with Crippen molar-refractivity contribution in [1.29, 1.82) is 0 Å². The normalized spacial score (nSPS) is 13.3. The summed E-state index contributed by atoms with van der Waals surface area (Å²) in [4.78, 5) is 0. The quantitative estimate of drug-likeness (QED) is 0.775. The molecule has 5 nitrogen and oxygen atoms in total. The summed E-state index contributed by atoms with van der Waals surface area (Å²) < 4.78 is 17.9. The second-order valence-electron chi connectivity index (χ2n) is 3.92. The number of methoxy groups -OCH3 is 2. The van der Waals surface area contributed by atoms with Crippen molar-refractivity contribution in [3.05, 3.63) is 17.3 Å². The first kappa shape index (κ1) is 11.3. The summed E-state index contributed by atoms with van der Waals surface area (Å²) in [6, 6.07) is 3.67. The summed E-state index contributed by atoms with van der Waals surface area (Å²) >= 11 is 6.18. The van der Waals surface area contributed by atoms with Crippen molar-refractivity contribution in [2.75, 3.05) is 20.8 Å². The maximum atomic E-state index is 6.18. The lowest BCUT2D eigenvalue weighted by atomic mass is 10.1. The van der Waals surface area contributed by atoms with E-state index in [4.69, 9.17) is 25.8 Å². The van der Waals surface area contributed by atoms with Crippen LogP contribution in [0.1, 0.15) is 0 Å². The number of rotatable bonds is 2. The van der Waals surface area contributed by atoms with Crippen molar-refractivity contribution in [3.8, 4) is 17.4 Å². The Morgan fingerprint density at radius 1 is 1.22 bits per heavy atom. The molecule has 0 atom stereocenters. The molecule has 1 aromatic carbocycles. The zero-order valence-electron chi connectivity index (χ0n) is 10.1. The summed E-state index contributed by atoms with van der Waals surface area (Å²) in [5, 5.41) is 6.38. The van der Waals surface area contributed by atoms with Crippen molar-refractivity contribution in [2.24, 2.45) is 0 Å². The minimum absolute atomic E-state index is 0.431. The van der Waals surface area contributed by atoms with E-state index in [2.05, 4.69) is 5.10 Å². The van der Waals surface area contributed by atoms with Gasteiger partial charge in [-0.25, -0.2) is 0 Å². The molecule has 0 saturated heterocycles. The largest absolute Gasteiger partial charge is 0.493 e. The third-order valence-corrected chi connectivity index (χ3v) is 3.24. The highest BCUT2D eigenvalue weighted by Crippen LogP contribution is 2.37. The molecule has 0 radical (unpaired) electrons. The molecule has 94 valence electrons. The average molecular weight is 268 g/mol. The molecule has 0 aliphatic carbocycles. The smallest absolute Gasteiger partial charge is 0.402 e. The second kappa shape index (κ2) is 4.17. The number of fused-ring (bicyclic) bond motifs is 3. The highest BCUT2D eigenvalue weighted by atomic mass is 35.5. The molecule has 0 saturated carbocycles. The Hall–Kier alpha value is -1.75. The molecule has 0 N–H and O–H groups in total. The summed E-state index contributed by atoms with van der Waals surface area (Å²) in [6.07, 6.45) is 0. The number of aromatic nitrogens is 2. The molecular weight excluding hydrogens is 256 g/mol. The number of halogens is 1. The fourth-order valence-corrected chi connectivity index (χ4v) is 2.35. The van der Waals surface area contributed by atoms with Gasteiger partial charge in [-0.2, -0.15) is 0 Å². The molecular formula is C12H12ClN2O3+. The van der Waals surface area contributed by atoms with Gasteiger partial charge in [0.15, 0.2) is 18.1 Å². The molecule has 6 heteroatoms. The van der Waals surface area contributed by atoms with Crippen molar-refractivity contribution in [2.45, 2.75) is 6.54 Å². The van der Waals surface area contributed by atoms with E-state index in [1.165, 1.54) is 0 Å². The molecule has 0 amide bonds. The summed E-state index contributed by atoms with van der Waals surface area (Å²) in [6.45, 7) is 1.32. The van der Waals surface area contributed by atoms with Crippen LogP contribution in [-0.4, -0.2) is 25.9 Å². The van der Waals surface area contributed by atoms with Gasteiger partial charge in [0.25, 0.3) is 0 Å². The van der Waals surface area contributed by atoms with Crippen molar-refractivity contribution < 1.29 is 18.9 Å². The molecule has 0 fully saturated rings. The van der Waals surface area contributed by atoms with Crippen LogP contribution in [0.25, 0.3) is 10.8 Å². The van der Waals surface area contributed by atoms with E-state index in [1.807, 2.05) is 12.1 Å². The monoisotopic (exact) mass is 267 g/mol. The highest BCUT2D eigenvalue weighted by molar-refractivity contribution is 6.34. The van der Waals surface area contributed by atoms with Crippen LogP contribution in [-0.2, 0) is 6.54 Å². The van der Waals surface area contributed by atoms with E-state index in [-0.39, 0.29) is 0 Å². The molecule has 0 bridgehead atoms. The van der Waals surface area contributed by atoms with E-state index >= 15 is 0 Å². The molecule has 1 aliphatic heterocycles. The predicted octanol–water partition coefficient (Wildman–Crippen LogP) is 1.59. The average Bonchev–Trinajstić information content (AvgIpc) is 2.85. The third-order valence-electron chi connectivity index (χ3n) is 2.96. The lowest BCUT2D eigenvalue weighted by Crippen LogP contribution is -2.35. The van der Waals surface area contributed by atoms with Gasteiger partial charge in [-0.15, -0.1) is 0 Å². The van der Waals surface area contributed by atoms with Crippen LogP contribution in [0, 0.1) is 0 Å². The zero-order chi connectivity index (χ0) is 12.7. The molecule has 3 rings (SSSR count). The van der Waals surface area contributed by atoms with E-state index in [0.717, 1.165) is 16.7 Å². The van der Waals surface area contributed by atoms with Crippen LogP contribution in [0.15, 0.2) is 12.1 Å². The van der Waals surface area contributed by atoms with E-state index in [1.54, 1.807) is 18.9 Å². The minimum Gasteiger partial charge on any atom is -0.493 e. The van der Waals surface area contributed by atoms with Crippen LogP contribution in [0.5, 0.6) is 17.4 Å². The molecule has 1 aromatic heterocycles. The summed E-state index contributed by atoms with van der Waals surface area (Å²) in [7, 11) is 3.18. The number of nitrogens with zero attached hydrogens (tertiary/aromatic N) is 2. The van der Waals surface area contributed by atoms with Crippen molar-refractivity contribution in [1.82, 2.24) is 5.10 Å². The SMILES string of the molecule is COc1cc2c(Cl)n[n+]3c(c2cc1OC)OCC3. The molecule has 0 spiro atoms. The molecule has 0 unspecified atom stereocenters. The van der Waals surface area contributed by atoms with Crippen LogP contribution < -0.4 is 18.9 Å². The fraction of sp³-hybridized carbons (Fsp3) is 0.333. The standard InChI is InChI=1S/C12H12ClN2O3/c1-16-9-5-7-8(6-10(9)17-2)12-15(3-4-18-12)14-11(7)13/h5-6H,3-4H2,1-2H3/q+1. The van der Waals surface area contributed by atoms with Gasteiger partial charge in [0, 0.05) is 16.6 Å². The van der Waals surface area contributed by atoms with Crippen LogP contribution in [0.3, 0.4) is 0 Å². The highest BCUT2D eigenvalue weighted by Gasteiger charge is 2.29. The fourth-order valence-electron chi connectivity index (χ4n) is 2.10. The Morgan fingerprint density at radius 3 is 2.56 bits per heavy atom. The minimum atomic E-state index is 0.431. The molecule has 1 aliphatic rings. The lowest BCUT2D eigenvalue weighted by Gasteiger charge is -2.09. The van der Waals surface area contributed by atoms with E-state index in [0.29, 0.717) is 29.8 Å². The Bertz CT molecular complexity index is 630. The Kier molecular flexibility index (Phi) is 2.63. The van der Waals surface area contributed by atoms with Gasteiger partial charge in [-0.05, 0) is 10.7 Å². The van der Waals surface area contributed by atoms with Gasteiger partial charge in [0.2, 0.25) is 11.7 Å². The Labute approximate surface area is 109 Å². The van der Waals surface area contributed by atoms with Crippen molar-refractivity contribution >= 4 is 22.4 Å². The van der Waals surface area contributed by atoms with E-state index < -0.39 is 0 Å². The Balaban J connectivity index is 2.37. The van der Waals surface area contributed by atoms with Gasteiger partial charge in [0.05, 0.1) is 14.2 Å². The van der Waals surface area contributed by atoms with E-state index in [9.17, 15) is 0 Å². The molecule has 2 heterocycles. The summed E-state index contributed by atoms with van der Waals surface area (Å²) in [5.41, 5.74) is 0. The lowest BCUT2D eigenvalue weighted by molar-refractivity contribution is -0.736. The van der Waals surface area contributed by atoms with Gasteiger partial charge >= 0.3 is 5.88 Å². The van der Waals surface area contributed by atoms with Crippen LogP contribution >= 0.6 is 11.6 Å². The van der Waals surface area contributed by atoms with Gasteiger partial charge in [-0.1, -0.05) is 11.6 Å². The van der Waals surface area contributed by atoms with Gasteiger partial charge < -0.3 is 14.2 Å². The second-order valence-corrected chi connectivity index (χ2v) is 4.28. The van der Waals surface area contributed by atoms with Crippen LogP contribution in [0.2, 0.25) is 5.15 Å². The maximum Gasteiger partial charge on any atom is 0.402 e. The zero-order valence-corrected chi connectivity index (χ0v) is 10.8. The van der Waals surface area contributed by atoms with Crippen molar-refractivity contribution in [3.63, 3.8) is 0 Å². The first-order valence-corrected chi connectivity index (χ1v) is 5.90. The van der Waals surface area contributed by atoms with Gasteiger partial charge in [0.1, 0.15) is 5.39 Å². The van der Waals surface area contributed by atoms with Crippen LogP contribution in [0.4, 0.5) is 0 Å². The summed E-state index contributed by atoms with van der Waals surface area (Å²) in [5.74, 6) is 1.98. The first-order valence-electron chi connectivity index (χ1n) is 5.52. The number of benzene rings is 1. The number of hydrogen-bond donors (Lipinski definition) is 0. The molecule has 18 heavy (non-hydrogen) atoms. The number of hydrogen-bond acceptors (Lipinski definition) is 4. The first-order chi connectivity index (χ1) is 8.74.